The molecule has 6 nitrogen and oxygen atoms in total. The lowest BCUT2D eigenvalue weighted by molar-refractivity contribution is -0.134. The van der Waals surface area contributed by atoms with Crippen LogP contribution in [0.4, 0.5) is 5.82 Å². The van der Waals surface area contributed by atoms with Crippen molar-refractivity contribution in [3.05, 3.63) is 11.8 Å². The summed E-state index contributed by atoms with van der Waals surface area (Å²) >= 11 is 0. The van der Waals surface area contributed by atoms with Crippen LogP contribution in [0.25, 0.3) is 0 Å². The molecule has 1 aromatic rings. The van der Waals surface area contributed by atoms with Gasteiger partial charge in [-0.2, -0.15) is 5.10 Å². The lowest BCUT2D eigenvalue weighted by atomic mass is 9.82. The molecule has 1 unspecified atom stereocenters. The zero-order chi connectivity index (χ0) is 16.4. The Morgan fingerprint density at radius 2 is 2.00 bits per heavy atom. The number of H-pyrrole nitrogens is 1. The maximum absolute atomic E-state index is 12.5. The van der Waals surface area contributed by atoms with Crippen LogP contribution in [0.3, 0.4) is 0 Å². The molecular formula is C18H29N5O. The Balaban J connectivity index is 1.36. The highest BCUT2D eigenvalue weighted by molar-refractivity contribution is 5.76. The van der Waals surface area contributed by atoms with Gasteiger partial charge in [-0.15, -0.1) is 0 Å². The molecule has 2 N–H and O–H groups in total. The lowest BCUT2D eigenvalue weighted by Gasteiger charge is -2.34. The van der Waals surface area contributed by atoms with Gasteiger partial charge in [0, 0.05) is 63.4 Å². The lowest BCUT2D eigenvalue weighted by Crippen LogP contribution is -2.43. The van der Waals surface area contributed by atoms with Crippen molar-refractivity contribution in [1.82, 2.24) is 20.4 Å². The largest absolute Gasteiger partial charge is 0.353 e. The number of piperazine rings is 1. The minimum absolute atomic E-state index is 0.367. The van der Waals surface area contributed by atoms with Gasteiger partial charge in [-0.3, -0.25) is 9.89 Å². The van der Waals surface area contributed by atoms with E-state index < -0.39 is 0 Å². The van der Waals surface area contributed by atoms with E-state index in [4.69, 9.17) is 0 Å². The Bertz CT molecular complexity index is 562. The van der Waals surface area contributed by atoms with Crippen LogP contribution in [-0.4, -0.2) is 60.3 Å². The topological polar surface area (TPSA) is 64.3 Å². The van der Waals surface area contributed by atoms with Gasteiger partial charge in [-0.25, -0.2) is 0 Å². The van der Waals surface area contributed by atoms with Gasteiger partial charge in [-0.05, 0) is 31.6 Å². The van der Waals surface area contributed by atoms with Crippen molar-refractivity contribution in [3.63, 3.8) is 0 Å². The van der Waals surface area contributed by atoms with E-state index in [0.717, 1.165) is 64.3 Å². The number of hydrogen-bond acceptors (Lipinski definition) is 4. The second kappa shape index (κ2) is 7.13. The Morgan fingerprint density at radius 1 is 1.17 bits per heavy atom. The first-order valence-electron chi connectivity index (χ1n) is 9.58. The maximum Gasteiger partial charge on any atom is 0.222 e. The average molecular weight is 331 g/mol. The molecule has 4 rings (SSSR count). The van der Waals surface area contributed by atoms with Crippen LogP contribution in [0, 0.1) is 5.92 Å². The molecule has 0 aromatic carbocycles. The number of nitrogens with one attached hydrogen (secondary N) is 2. The number of amides is 1. The molecule has 1 aromatic heterocycles. The van der Waals surface area contributed by atoms with Crippen molar-refractivity contribution >= 4 is 11.7 Å². The van der Waals surface area contributed by atoms with Gasteiger partial charge in [0.25, 0.3) is 0 Å². The molecule has 6 heteroatoms. The third-order valence-electron chi connectivity index (χ3n) is 5.93. The van der Waals surface area contributed by atoms with E-state index in [9.17, 15) is 4.79 Å². The number of carbonyl (C=O) groups excluding carboxylic acids is 1. The van der Waals surface area contributed by atoms with Crippen molar-refractivity contribution in [3.8, 4) is 0 Å². The molecule has 3 fully saturated rings. The highest BCUT2D eigenvalue weighted by atomic mass is 16.2. The molecule has 0 radical (unpaired) electrons. The van der Waals surface area contributed by atoms with E-state index in [1.807, 2.05) is 0 Å². The summed E-state index contributed by atoms with van der Waals surface area (Å²) in [4.78, 5) is 16.9. The molecule has 3 aliphatic rings. The molecule has 0 spiro atoms. The highest BCUT2D eigenvalue weighted by Crippen LogP contribution is 2.32. The number of rotatable bonds is 4. The van der Waals surface area contributed by atoms with E-state index in [2.05, 4.69) is 31.4 Å². The first-order chi connectivity index (χ1) is 11.8. The van der Waals surface area contributed by atoms with Crippen molar-refractivity contribution < 1.29 is 4.79 Å². The fourth-order valence-corrected chi connectivity index (χ4v) is 4.12. The third-order valence-corrected chi connectivity index (χ3v) is 5.93. The molecule has 0 bridgehead atoms. The summed E-state index contributed by atoms with van der Waals surface area (Å²) in [5.74, 6) is 2.49. The Morgan fingerprint density at radius 3 is 2.75 bits per heavy atom. The van der Waals surface area contributed by atoms with Crippen molar-refractivity contribution in [2.75, 3.05) is 44.2 Å². The normalized spacial score (nSPS) is 25.6. The van der Waals surface area contributed by atoms with Crippen molar-refractivity contribution in [2.24, 2.45) is 5.92 Å². The standard InChI is InChI=1S/C18H29N5O/c24-18(11-14-3-1-4-14)23-8-2-5-15(13-23)16-12-17(21-20-16)22-9-6-19-7-10-22/h12,14-15,19H,1-11,13H2,(H,20,21). The zero-order valence-corrected chi connectivity index (χ0v) is 14.5. The molecule has 24 heavy (non-hydrogen) atoms. The summed E-state index contributed by atoms with van der Waals surface area (Å²) in [6, 6.07) is 2.20. The quantitative estimate of drug-likeness (QED) is 0.882. The molecule has 1 amide bonds. The van der Waals surface area contributed by atoms with Crippen LogP contribution in [0.1, 0.15) is 50.1 Å². The van der Waals surface area contributed by atoms with Gasteiger partial charge >= 0.3 is 0 Å². The molecule has 1 atom stereocenters. The first-order valence-corrected chi connectivity index (χ1v) is 9.58. The minimum atomic E-state index is 0.367. The molecule has 132 valence electrons. The summed E-state index contributed by atoms with van der Waals surface area (Å²) in [6.45, 7) is 5.86. The van der Waals surface area contributed by atoms with Gasteiger partial charge < -0.3 is 15.1 Å². The summed E-state index contributed by atoms with van der Waals surface area (Å²) in [5.41, 5.74) is 1.20. The summed E-state index contributed by atoms with van der Waals surface area (Å²) in [6.07, 6.45) is 6.82. The number of nitrogens with zero attached hydrogens (tertiary/aromatic N) is 3. The second-order valence-electron chi connectivity index (χ2n) is 7.60. The zero-order valence-electron chi connectivity index (χ0n) is 14.5. The van der Waals surface area contributed by atoms with Crippen molar-refractivity contribution in [2.45, 2.75) is 44.4 Å². The highest BCUT2D eigenvalue weighted by Gasteiger charge is 2.29. The molecule has 2 saturated heterocycles. The van der Waals surface area contributed by atoms with E-state index in [-0.39, 0.29) is 0 Å². The van der Waals surface area contributed by atoms with Gasteiger partial charge in [0.15, 0.2) is 5.82 Å². The van der Waals surface area contributed by atoms with Crippen LogP contribution >= 0.6 is 0 Å². The van der Waals surface area contributed by atoms with E-state index >= 15 is 0 Å². The number of carbonyl (C=O) groups is 1. The Hall–Kier alpha value is -1.56. The second-order valence-corrected chi connectivity index (χ2v) is 7.60. The number of piperidine rings is 1. The number of aromatic amines is 1. The molecule has 3 heterocycles. The van der Waals surface area contributed by atoms with Crippen LogP contribution in [-0.2, 0) is 4.79 Å². The van der Waals surface area contributed by atoms with Gasteiger partial charge in [-0.1, -0.05) is 6.42 Å². The summed E-state index contributed by atoms with van der Waals surface area (Å²) in [5, 5.41) is 11.1. The minimum Gasteiger partial charge on any atom is -0.353 e. The molecule has 1 aliphatic carbocycles. The third kappa shape index (κ3) is 3.43. The van der Waals surface area contributed by atoms with Gasteiger partial charge in [0.05, 0.1) is 0 Å². The van der Waals surface area contributed by atoms with E-state index in [0.29, 0.717) is 17.7 Å². The summed E-state index contributed by atoms with van der Waals surface area (Å²) in [7, 11) is 0. The molecular weight excluding hydrogens is 302 g/mol. The van der Waals surface area contributed by atoms with E-state index in [1.54, 1.807) is 0 Å². The van der Waals surface area contributed by atoms with Crippen molar-refractivity contribution in [1.29, 1.82) is 0 Å². The maximum atomic E-state index is 12.5. The Kier molecular flexibility index (Phi) is 4.74. The molecule has 1 saturated carbocycles. The SMILES string of the molecule is O=C(CC1CCC1)N1CCCC(c2cc(N3CCNCC3)n[nH]2)C1. The van der Waals surface area contributed by atoms with E-state index in [1.165, 1.54) is 25.0 Å². The Labute approximate surface area is 144 Å². The van der Waals surface area contributed by atoms with Crippen LogP contribution < -0.4 is 10.2 Å². The van der Waals surface area contributed by atoms with Crippen LogP contribution in [0.5, 0.6) is 0 Å². The van der Waals surface area contributed by atoms with Crippen LogP contribution in [0.15, 0.2) is 6.07 Å². The van der Waals surface area contributed by atoms with Crippen LogP contribution in [0.2, 0.25) is 0 Å². The fourth-order valence-electron chi connectivity index (χ4n) is 4.12. The number of aromatic nitrogens is 2. The predicted molar refractivity (Wildman–Crippen MR) is 94.2 cm³/mol. The number of likely N-dealkylation sites (tertiary alicyclic amines) is 1. The monoisotopic (exact) mass is 331 g/mol. The molecule has 2 aliphatic heterocycles. The number of anilines is 1. The average Bonchev–Trinajstić information content (AvgIpc) is 3.09. The summed E-state index contributed by atoms with van der Waals surface area (Å²) < 4.78 is 0. The fraction of sp³-hybridized carbons (Fsp3) is 0.778. The number of hydrogen-bond donors (Lipinski definition) is 2. The first kappa shape index (κ1) is 15.9. The van der Waals surface area contributed by atoms with Gasteiger partial charge in [0.2, 0.25) is 5.91 Å². The predicted octanol–water partition coefficient (Wildman–Crippen LogP) is 1.72. The van der Waals surface area contributed by atoms with Gasteiger partial charge in [0.1, 0.15) is 0 Å². The smallest absolute Gasteiger partial charge is 0.222 e.